The Morgan fingerprint density at radius 2 is 1.95 bits per heavy atom. The number of likely N-dealkylation sites (N-methyl/N-ethyl adjacent to an activating group) is 1. The van der Waals surface area contributed by atoms with Crippen LogP contribution < -0.4 is 10.2 Å². The fourth-order valence-corrected chi connectivity index (χ4v) is 2.51. The number of benzene rings is 1. The van der Waals surface area contributed by atoms with Crippen molar-refractivity contribution in [2.45, 2.75) is 0 Å². The summed E-state index contributed by atoms with van der Waals surface area (Å²) in [6, 6.07) is 9.49. The van der Waals surface area contributed by atoms with E-state index in [-0.39, 0.29) is 0 Å². The molecule has 0 amide bonds. The van der Waals surface area contributed by atoms with Crippen molar-refractivity contribution in [3.63, 3.8) is 0 Å². The Kier molecular flexibility index (Phi) is 4.22. The summed E-state index contributed by atoms with van der Waals surface area (Å²) in [5, 5.41) is 3.88. The molecule has 1 fully saturated rings. The van der Waals surface area contributed by atoms with Gasteiger partial charge in [-0.05, 0) is 31.3 Å². The monoisotopic (exact) mass is 303 g/mol. The Morgan fingerprint density at radius 1 is 1.14 bits per heavy atom. The first-order valence-electron chi connectivity index (χ1n) is 7.00. The first kappa shape index (κ1) is 14.1. The molecule has 5 nitrogen and oxygen atoms in total. The molecule has 2 aromatic rings. The van der Waals surface area contributed by atoms with Crippen molar-refractivity contribution in [2.24, 2.45) is 0 Å². The number of nitrogens with one attached hydrogen (secondary N) is 1. The minimum absolute atomic E-state index is 0.591. The van der Waals surface area contributed by atoms with E-state index in [1.165, 1.54) is 0 Å². The van der Waals surface area contributed by atoms with Crippen LogP contribution in [0.5, 0.6) is 0 Å². The molecule has 1 saturated heterocycles. The molecule has 1 aromatic heterocycles. The van der Waals surface area contributed by atoms with Crippen LogP contribution >= 0.6 is 11.6 Å². The number of halogens is 1. The van der Waals surface area contributed by atoms with Gasteiger partial charge in [-0.15, -0.1) is 0 Å². The number of piperazine rings is 1. The highest BCUT2D eigenvalue weighted by atomic mass is 35.5. The molecular formula is C15H18ClN5. The molecule has 0 aliphatic carbocycles. The summed E-state index contributed by atoms with van der Waals surface area (Å²) in [7, 11) is 2.14. The van der Waals surface area contributed by atoms with E-state index in [9.17, 15) is 0 Å². The molecule has 0 radical (unpaired) electrons. The molecule has 21 heavy (non-hydrogen) atoms. The lowest BCUT2D eigenvalue weighted by atomic mass is 10.3. The minimum atomic E-state index is 0.591. The van der Waals surface area contributed by atoms with Crippen molar-refractivity contribution in [1.82, 2.24) is 14.9 Å². The third-order valence-electron chi connectivity index (χ3n) is 3.55. The molecular weight excluding hydrogens is 286 g/mol. The van der Waals surface area contributed by atoms with E-state index in [0.29, 0.717) is 11.0 Å². The van der Waals surface area contributed by atoms with Crippen LogP contribution in [-0.2, 0) is 0 Å². The molecule has 0 saturated carbocycles. The van der Waals surface area contributed by atoms with Gasteiger partial charge in [0, 0.05) is 43.1 Å². The van der Waals surface area contributed by atoms with E-state index in [1.54, 1.807) is 6.20 Å². The lowest BCUT2D eigenvalue weighted by molar-refractivity contribution is 0.312. The number of hydrogen-bond donors (Lipinski definition) is 1. The summed E-state index contributed by atoms with van der Waals surface area (Å²) in [5.41, 5.74) is 0.887. The number of aromatic nitrogens is 2. The van der Waals surface area contributed by atoms with Crippen LogP contribution in [0.25, 0.3) is 0 Å². The van der Waals surface area contributed by atoms with E-state index in [0.717, 1.165) is 37.7 Å². The molecule has 2 heterocycles. The molecule has 0 unspecified atom stereocenters. The first-order valence-corrected chi connectivity index (χ1v) is 7.38. The average Bonchev–Trinajstić information content (AvgIpc) is 2.48. The molecule has 0 spiro atoms. The van der Waals surface area contributed by atoms with E-state index in [4.69, 9.17) is 11.6 Å². The van der Waals surface area contributed by atoms with Gasteiger partial charge in [-0.1, -0.05) is 17.7 Å². The number of rotatable bonds is 3. The maximum atomic E-state index is 5.98. The van der Waals surface area contributed by atoms with Crippen molar-refractivity contribution < 1.29 is 0 Å². The Balaban J connectivity index is 1.74. The second-order valence-electron chi connectivity index (χ2n) is 5.16. The quantitative estimate of drug-likeness (QED) is 0.944. The highest BCUT2D eigenvalue weighted by Crippen LogP contribution is 2.20. The molecule has 1 N–H and O–H groups in total. The zero-order chi connectivity index (χ0) is 14.7. The molecule has 1 aromatic carbocycles. The third-order valence-corrected chi connectivity index (χ3v) is 3.78. The molecule has 1 aliphatic heterocycles. The summed E-state index contributed by atoms with van der Waals surface area (Å²) in [6.45, 7) is 4.09. The van der Waals surface area contributed by atoms with Crippen LogP contribution in [0, 0.1) is 0 Å². The van der Waals surface area contributed by atoms with Gasteiger partial charge in [-0.3, -0.25) is 0 Å². The second-order valence-corrected chi connectivity index (χ2v) is 5.60. The normalized spacial score (nSPS) is 16.0. The summed E-state index contributed by atoms with van der Waals surface area (Å²) < 4.78 is 0. The van der Waals surface area contributed by atoms with Crippen molar-refractivity contribution in [2.75, 3.05) is 43.4 Å². The second kappa shape index (κ2) is 6.28. The van der Waals surface area contributed by atoms with Gasteiger partial charge in [-0.25, -0.2) is 4.98 Å². The Hall–Kier alpha value is -1.85. The summed E-state index contributed by atoms with van der Waals surface area (Å²) in [6.07, 6.45) is 1.79. The van der Waals surface area contributed by atoms with Gasteiger partial charge in [0.15, 0.2) is 0 Å². The lowest BCUT2D eigenvalue weighted by Crippen LogP contribution is -2.44. The van der Waals surface area contributed by atoms with Crippen molar-refractivity contribution in [3.8, 4) is 0 Å². The predicted molar refractivity (Wildman–Crippen MR) is 86.5 cm³/mol. The SMILES string of the molecule is CN1CCN(c2ccnc(Nc3cccc(Cl)c3)n2)CC1. The van der Waals surface area contributed by atoms with E-state index in [2.05, 4.69) is 32.1 Å². The van der Waals surface area contributed by atoms with Gasteiger partial charge in [0.05, 0.1) is 0 Å². The van der Waals surface area contributed by atoms with Crippen LogP contribution in [0.4, 0.5) is 17.5 Å². The fraction of sp³-hybridized carbons (Fsp3) is 0.333. The zero-order valence-electron chi connectivity index (χ0n) is 12.0. The molecule has 0 atom stereocenters. The Labute approximate surface area is 129 Å². The highest BCUT2D eigenvalue weighted by molar-refractivity contribution is 6.30. The fourth-order valence-electron chi connectivity index (χ4n) is 2.32. The molecule has 0 bridgehead atoms. The van der Waals surface area contributed by atoms with Gasteiger partial charge in [0.1, 0.15) is 5.82 Å². The van der Waals surface area contributed by atoms with E-state index in [1.807, 2.05) is 30.3 Å². The summed E-state index contributed by atoms with van der Waals surface area (Å²) >= 11 is 5.98. The topological polar surface area (TPSA) is 44.3 Å². The molecule has 110 valence electrons. The van der Waals surface area contributed by atoms with Crippen LogP contribution in [0.3, 0.4) is 0 Å². The number of nitrogens with zero attached hydrogens (tertiary/aromatic N) is 4. The van der Waals surface area contributed by atoms with Crippen LogP contribution in [0.2, 0.25) is 5.02 Å². The molecule has 3 rings (SSSR count). The molecule has 6 heteroatoms. The van der Waals surface area contributed by atoms with E-state index < -0.39 is 0 Å². The van der Waals surface area contributed by atoms with Crippen LogP contribution in [0.15, 0.2) is 36.5 Å². The largest absolute Gasteiger partial charge is 0.354 e. The summed E-state index contributed by atoms with van der Waals surface area (Å²) in [5.74, 6) is 1.55. The van der Waals surface area contributed by atoms with Gasteiger partial charge >= 0.3 is 0 Å². The Morgan fingerprint density at radius 3 is 2.71 bits per heavy atom. The summed E-state index contributed by atoms with van der Waals surface area (Å²) in [4.78, 5) is 13.5. The third kappa shape index (κ3) is 3.62. The minimum Gasteiger partial charge on any atom is -0.354 e. The standard InChI is InChI=1S/C15H18ClN5/c1-20-7-9-21(10-8-20)14-5-6-17-15(19-14)18-13-4-2-3-12(16)11-13/h2-6,11H,7-10H2,1H3,(H,17,18,19). The molecule has 1 aliphatic rings. The zero-order valence-corrected chi connectivity index (χ0v) is 12.7. The highest BCUT2D eigenvalue weighted by Gasteiger charge is 2.15. The smallest absolute Gasteiger partial charge is 0.229 e. The van der Waals surface area contributed by atoms with Gasteiger partial charge in [-0.2, -0.15) is 4.98 Å². The van der Waals surface area contributed by atoms with Crippen LogP contribution in [0.1, 0.15) is 0 Å². The van der Waals surface area contributed by atoms with E-state index >= 15 is 0 Å². The predicted octanol–water partition coefficient (Wildman–Crippen LogP) is 2.63. The van der Waals surface area contributed by atoms with Gasteiger partial charge in [0.25, 0.3) is 0 Å². The van der Waals surface area contributed by atoms with Crippen molar-refractivity contribution in [1.29, 1.82) is 0 Å². The van der Waals surface area contributed by atoms with Crippen molar-refractivity contribution >= 4 is 29.1 Å². The lowest BCUT2D eigenvalue weighted by Gasteiger charge is -2.33. The average molecular weight is 304 g/mol. The number of anilines is 3. The van der Waals surface area contributed by atoms with Crippen LogP contribution in [-0.4, -0.2) is 48.1 Å². The van der Waals surface area contributed by atoms with Gasteiger partial charge < -0.3 is 15.1 Å². The first-order chi connectivity index (χ1) is 10.2. The Bertz CT molecular complexity index is 611. The maximum absolute atomic E-state index is 5.98. The number of hydrogen-bond acceptors (Lipinski definition) is 5. The maximum Gasteiger partial charge on any atom is 0.229 e. The van der Waals surface area contributed by atoms with Crippen molar-refractivity contribution in [3.05, 3.63) is 41.6 Å². The van der Waals surface area contributed by atoms with Gasteiger partial charge in [0.2, 0.25) is 5.95 Å².